The summed E-state index contributed by atoms with van der Waals surface area (Å²) in [5, 5.41) is 8.61. The minimum atomic E-state index is -0.361. The molecule has 17 heavy (non-hydrogen) atoms. The highest BCUT2D eigenvalue weighted by Crippen LogP contribution is 2.22. The molecule has 0 amide bonds. The van der Waals surface area contributed by atoms with Crippen LogP contribution in [0.4, 0.5) is 4.39 Å². The Morgan fingerprint density at radius 2 is 1.65 bits per heavy atom. The topological polar surface area (TPSA) is 23.8 Å². The Morgan fingerprint density at radius 1 is 1.00 bits per heavy atom. The van der Waals surface area contributed by atoms with Gasteiger partial charge in [0.2, 0.25) is 0 Å². The van der Waals surface area contributed by atoms with Crippen LogP contribution in [0.15, 0.2) is 48.5 Å². The lowest BCUT2D eigenvalue weighted by Gasteiger charge is -2.02. The quantitative estimate of drug-likeness (QED) is 0.708. The number of hydrogen-bond donors (Lipinski definition) is 0. The molecule has 2 rings (SSSR count). The average Bonchev–Trinajstić information content (AvgIpc) is 2.42. The van der Waals surface area contributed by atoms with Crippen molar-refractivity contribution in [2.75, 3.05) is 0 Å². The summed E-state index contributed by atoms with van der Waals surface area (Å²) in [5.74, 6) is -0.361. The van der Waals surface area contributed by atoms with Crippen LogP contribution in [-0.4, -0.2) is 0 Å². The van der Waals surface area contributed by atoms with Gasteiger partial charge in [-0.15, -0.1) is 0 Å². The molecule has 0 spiro atoms. The summed E-state index contributed by atoms with van der Waals surface area (Å²) in [6.07, 6.45) is 0. The maximum absolute atomic E-state index is 13.6. The van der Waals surface area contributed by atoms with Crippen LogP contribution in [0.2, 0.25) is 0 Å². The van der Waals surface area contributed by atoms with Crippen LogP contribution in [-0.2, 0) is 0 Å². The van der Waals surface area contributed by atoms with E-state index in [0.717, 1.165) is 5.56 Å². The van der Waals surface area contributed by atoms with Crippen molar-refractivity contribution in [3.05, 3.63) is 59.9 Å². The van der Waals surface area contributed by atoms with E-state index in [4.69, 9.17) is 5.26 Å². The molecule has 0 radical (unpaired) electrons. The van der Waals surface area contributed by atoms with Crippen LogP contribution in [0.3, 0.4) is 0 Å². The van der Waals surface area contributed by atoms with E-state index < -0.39 is 0 Å². The lowest BCUT2D eigenvalue weighted by Crippen LogP contribution is -1.85. The zero-order valence-electron chi connectivity index (χ0n) is 9.94. The van der Waals surface area contributed by atoms with Crippen LogP contribution in [0, 0.1) is 17.1 Å². The van der Waals surface area contributed by atoms with Crippen LogP contribution in [0.5, 0.6) is 0 Å². The van der Waals surface area contributed by atoms with E-state index in [2.05, 4.69) is 0 Å². The molecule has 0 aliphatic carbocycles. The van der Waals surface area contributed by atoms with Crippen molar-refractivity contribution in [1.29, 1.82) is 5.26 Å². The summed E-state index contributed by atoms with van der Waals surface area (Å²) in [6, 6.07) is 15.7. The van der Waals surface area contributed by atoms with Crippen molar-refractivity contribution in [3.8, 4) is 17.2 Å². The molecule has 0 bridgehead atoms. The Balaban J connectivity index is 0.000000686. The maximum atomic E-state index is 13.6. The van der Waals surface area contributed by atoms with Gasteiger partial charge in [0, 0.05) is 5.56 Å². The summed E-state index contributed by atoms with van der Waals surface area (Å²) in [6.45, 7) is 4.00. The van der Waals surface area contributed by atoms with Gasteiger partial charge in [0.1, 0.15) is 5.82 Å². The lowest BCUT2D eigenvalue weighted by atomic mass is 10.0. The minimum Gasteiger partial charge on any atom is -0.206 e. The summed E-state index contributed by atoms with van der Waals surface area (Å²) < 4.78 is 13.6. The predicted octanol–water partition coefficient (Wildman–Crippen LogP) is 4.39. The van der Waals surface area contributed by atoms with Gasteiger partial charge in [0.25, 0.3) is 0 Å². The van der Waals surface area contributed by atoms with E-state index in [9.17, 15) is 4.39 Å². The van der Waals surface area contributed by atoms with Crippen LogP contribution < -0.4 is 0 Å². The Labute approximate surface area is 101 Å². The first-order valence-corrected chi connectivity index (χ1v) is 5.56. The smallest absolute Gasteiger partial charge is 0.132 e. The van der Waals surface area contributed by atoms with Crippen molar-refractivity contribution in [3.63, 3.8) is 0 Å². The number of nitriles is 1. The van der Waals surface area contributed by atoms with E-state index in [1.807, 2.05) is 50.2 Å². The molecular weight excluding hydrogens is 213 g/mol. The fourth-order valence-electron chi connectivity index (χ4n) is 1.44. The third kappa shape index (κ3) is 3.15. The third-order valence-electron chi connectivity index (χ3n) is 2.18. The third-order valence-corrected chi connectivity index (χ3v) is 2.18. The summed E-state index contributed by atoms with van der Waals surface area (Å²) in [7, 11) is 0. The van der Waals surface area contributed by atoms with Crippen molar-refractivity contribution >= 4 is 0 Å². The summed E-state index contributed by atoms with van der Waals surface area (Å²) >= 11 is 0. The van der Waals surface area contributed by atoms with Gasteiger partial charge < -0.3 is 0 Å². The van der Waals surface area contributed by atoms with E-state index >= 15 is 0 Å². The molecule has 86 valence electrons. The van der Waals surface area contributed by atoms with Gasteiger partial charge >= 0.3 is 0 Å². The predicted molar refractivity (Wildman–Crippen MR) is 67.9 cm³/mol. The highest BCUT2D eigenvalue weighted by atomic mass is 19.1. The minimum absolute atomic E-state index is 0.340. The zero-order chi connectivity index (χ0) is 12.7. The van der Waals surface area contributed by atoms with Crippen molar-refractivity contribution in [1.82, 2.24) is 0 Å². The second-order valence-electron chi connectivity index (χ2n) is 3.17. The number of rotatable bonds is 1. The van der Waals surface area contributed by atoms with Gasteiger partial charge in [0.15, 0.2) is 0 Å². The van der Waals surface area contributed by atoms with Crippen LogP contribution in [0.1, 0.15) is 19.4 Å². The molecule has 2 aromatic carbocycles. The van der Waals surface area contributed by atoms with Crippen LogP contribution >= 0.6 is 0 Å². The molecule has 0 aliphatic heterocycles. The number of halogens is 1. The van der Waals surface area contributed by atoms with Gasteiger partial charge in [-0.2, -0.15) is 5.26 Å². The van der Waals surface area contributed by atoms with Crippen molar-refractivity contribution in [2.24, 2.45) is 0 Å². The van der Waals surface area contributed by atoms with Gasteiger partial charge in [-0.1, -0.05) is 50.2 Å². The monoisotopic (exact) mass is 227 g/mol. The number of nitrogens with zero attached hydrogens (tertiary/aromatic N) is 1. The molecule has 2 aromatic rings. The zero-order valence-corrected chi connectivity index (χ0v) is 9.94. The number of hydrogen-bond acceptors (Lipinski definition) is 1. The summed E-state index contributed by atoms with van der Waals surface area (Å²) in [4.78, 5) is 0. The van der Waals surface area contributed by atoms with Crippen LogP contribution in [0.25, 0.3) is 11.1 Å². The molecule has 0 aromatic heterocycles. The van der Waals surface area contributed by atoms with E-state index in [1.54, 1.807) is 12.1 Å². The van der Waals surface area contributed by atoms with Crippen molar-refractivity contribution in [2.45, 2.75) is 13.8 Å². The molecule has 0 saturated carbocycles. The summed E-state index contributed by atoms with van der Waals surface area (Å²) in [5.41, 5.74) is 1.68. The van der Waals surface area contributed by atoms with Gasteiger partial charge in [0.05, 0.1) is 11.6 Å². The first kappa shape index (κ1) is 12.9. The Morgan fingerprint density at radius 3 is 2.18 bits per heavy atom. The molecule has 2 heteroatoms. The molecule has 0 fully saturated rings. The Kier molecular flexibility index (Phi) is 4.90. The Bertz CT molecular complexity index is 512. The molecule has 1 nitrogen and oxygen atoms in total. The van der Waals surface area contributed by atoms with E-state index in [-0.39, 0.29) is 5.82 Å². The second-order valence-corrected chi connectivity index (χ2v) is 3.17. The van der Waals surface area contributed by atoms with Gasteiger partial charge in [-0.3, -0.25) is 0 Å². The Hall–Kier alpha value is -2.14. The van der Waals surface area contributed by atoms with E-state index in [1.165, 1.54) is 6.07 Å². The molecular formula is C15H14FN. The second kappa shape index (κ2) is 6.44. The van der Waals surface area contributed by atoms with Crippen molar-refractivity contribution < 1.29 is 4.39 Å². The molecule has 0 atom stereocenters. The van der Waals surface area contributed by atoms with Gasteiger partial charge in [-0.25, -0.2) is 4.39 Å². The molecule has 0 saturated heterocycles. The molecule has 0 N–H and O–H groups in total. The fourth-order valence-corrected chi connectivity index (χ4v) is 1.44. The highest BCUT2D eigenvalue weighted by Gasteiger charge is 2.04. The fraction of sp³-hybridized carbons (Fsp3) is 0.133. The maximum Gasteiger partial charge on any atom is 0.132 e. The lowest BCUT2D eigenvalue weighted by molar-refractivity contribution is 0.631. The average molecular weight is 227 g/mol. The largest absolute Gasteiger partial charge is 0.206 e. The molecule has 0 aliphatic rings. The normalized spacial score (nSPS) is 8.82. The number of benzene rings is 2. The first-order valence-electron chi connectivity index (χ1n) is 5.56. The molecule has 0 heterocycles. The van der Waals surface area contributed by atoms with Gasteiger partial charge in [-0.05, 0) is 17.7 Å². The van der Waals surface area contributed by atoms with E-state index in [0.29, 0.717) is 11.1 Å². The molecule has 0 unspecified atom stereocenters. The SMILES string of the molecule is CC.N#Cc1ccc(-c2ccccc2)c(F)c1. The highest BCUT2D eigenvalue weighted by molar-refractivity contribution is 5.64. The first-order chi connectivity index (χ1) is 8.31. The standard InChI is InChI=1S/C13H8FN.C2H6/c14-13-8-10(9-15)6-7-12(13)11-4-2-1-3-5-11;1-2/h1-8H;1-2H3.